The summed E-state index contributed by atoms with van der Waals surface area (Å²) in [4.78, 5) is 23.7. The van der Waals surface area contributed by atoms with E-state index in [9.17, 15) is 19.8 Å². The van der Waals surface area contributed by atoms with E-state index >= 15 is 0 Å². The van der Waals surface area contributed by atoms with Crippen molar-refractivity contribution in [2.45, 2.75) is 132 Å². The first-order valence-electron chi connectivity index (χ1n) is 17.8. The fourth-order valence-corrected chi connectivity index (χ4v) is 11.2. The summed E-state index contributed by atoms with van der Waals surface area (Å²) in [5.41, 5.74) is 5.01. The average molecular weight is 662 g/mol. The third-order valence-corrected chi connectivity index (χ3v) is 14.1. The van der Waals surface area contributed by atoms with Crippen LogP contribution in [0.15, 0.2) is 46.6 Å². The number of carboxylic acid groups (broad SMARTS) is 2. The zero-order valence-electron chi connectivity index (χ0n) is 29.2. The second kappa shape index (κ2) is 13.1. The van der Waals surface area contributed by atoms with Crippen LogP contribution in [0.5, 0.6) is 0 Å². The third kappa shape index (κ3) is 6.12. The molecule has 2 fully saturated rings. The van der Waals surface area contributed by atoms with Crippen molar-refractivity contribution in [3.05, 3.63) is 46.6 Å². The van der Waals surface area contributed by atoms with Gasteiger partial charge in [-0.25, -0.2) is 0 Å². The van der Waals surface area contributed by atoms with Gasteiger partial charge in [-0.2, -0.15) is 0 Å². The van der Waals surface area contributed by atoms with Crippen LogP contribution in [0.2, 0.25) is 0 Å². The minimum Gasteiger partial charge on any atom is -0.550 e. The molecule has 0 spiro atoms. The quantitative estimate of drug-likeness (QED) is 0.309. The Morgan fingerprint density at radius 1 is 0.667 bits per heavy atom. The molecule has 1 radical (unpaired) electrons. The van der Waals surface area contributed by atoms with Crippen LogP contribution in [0.4, 0.5) is 0 Å². The Bertz CT molecular complexity index is 1190. The topological polar surface area (TPSA) is 80.3 Å². The number of carbonyl (C=O) groups excluding carboxylic acids is 2. The van der Waals surface area contributed by atoms with E-state index in [0.717, 1.165) is 51.4 Å². The van der Waals surface area contributed by atoms with Crippen LogP contribution in [-0.4, -0.2) is 11.9 Å². The first-order chi connectivity index (χ1) is 20.6. The molecule has 0 bridgehead atoms. The molecule has 0 aromatic carbocycles. The van der Waals surface area contributed by atoms with Gasteiger partial charge in [0.25, 0.3) is 0 Å². The van der Waals surface area contributed by atoms with Gasteiger partial charge in [0.1, 0.15) is 0 Å². The summed E-state index contributed by atoms with van der Waals surface area (Å²) < 4.78 is 0. The van der Waals surface area contributed by atoms with Crippen LogP contribution in [0.3, 0.4) is 0 Å². The van der Waals surface area contributed by atoms with Gasteiger partial charge in [-0.3, -0.25) is 0 Å². The predicted molar refractivity (Wildman–Crippen MR) is 174 cm³/mol. The monoisotopic (exact) mass is 661 g/mol. The zero-order valence-corrected chi connectivity index (χ0v) is 30.3. The summed E-state index contributed by atoms with van der Waals surface area (Å²) in [6, 6.07) is 0. The summed E-state index contributed by atoms with van der Waals surface area (Å²) in [5.74, 6) is 1.08. The van der Waals surface area contributed by atoms with Crippen LogP contribution in [-0.2, 0) is 26.4 Å². The van der Waals surface area contributed by atoms with Gasteiger partial charge in [0.15, 0.2) is 0 Å². The van der Waals surface area contributed by atoms with Gasteiger partial charge in [0.2, 0.25) is 0 Å². The standard InChI is InChI=1S/2C20H30O2.Co/c2*1-13(2)14-6-8-16-15(12-14)7-9-17-19(16,3)10-5-11-20(17,4)18(21)22;/h2*7,12-13,16-17H,5-6,8-11H2,1-4H3,(H,21,22);/q;;+2/p-2/t2*16-,17+,19+,20+;/m00./s1. The average Bonchev–Trinajstić information content (AvgIpc) is 2.96. The first-order valence-corrected chi connectivity index (χ1v) is 17.8. The molecule has 0 aliphatic heterocycles. The summed E-state index contributed by atoms with van der Waals surface area (Å²) in [5, 5.41) is 23.7. The number of aliphatic carboxylic acids is 2. The molecule has 0 aromatic rings. The maximum Gasteiger partial charge on any atom is 2.00 e. The van der Waals surface area contributed by atoms with Crippen LogP contribution >= 0.6 is 0 Å². The second-order valence-corrected chi connectivity index (χ2v) is 17.0. The van der Waals surface area contributed by atoms with Gasteiger partial charge < -0.3 is 19.8 Å². The maximum absolute atomic E-state index is 11.8. The number of hydrogen-bond donors (Lipinski definition) is 0. The molecule has 0 amide bonds. The van der Waals surface area contributed by atoms with E-state index in [2.05, 4.69) is 65.8 Å². The van der Waals surface area contributed by atoms with Crippen LogP contribution in [0.25, 0.3) is 0 Å². The van der Waals surface area contributed by atoms with Gasteiger partial charge >= 0.3 is 16.8 Å². The summed E-state index contributed by atoms with van der Waals surface area (Å²) in [6.45, 7) is 17.7. The number of rotatable bonds is 4. The fourth-order valence-electron chi connectivity index (χ4n) is 11.2. The van der Waals surface area contributed by atoms with E-state index in [1.165, 1.54) is 36.8 Å². The number of carboxylic acids is 2. The van der Waals surface area contributed by atoms with Crippen molar-refractivity contribution < 1.29 is 36.6 Å². The summed E-state index contributed by atoms with van der Waals surface area (Å²) in [6.07, 6.45) is 21.9. The maximum atomic E-state index is 11.8. The zero-order chi connectivity index (χ0) is 32.2. The number of hydrogen-bond acceptors (Lipinski definition) is 4. The molecule has 8 atom stereocenters. The molecular formula is C40H58CoO4. The van der Waals surface area contributed by atoms with E-state index in [1.54, 1.807) is 11.1 Å². The Morgan fingerprint density at radius 3 is 1.33 bits per heavy atom. The second-order valence-electron chi connectivity index (χ2n) is 17.0. The SMILES string of the molecule is CC(C)C1=CC2=CC[C@@H]3[C@](C)(CCC[C@@]3(C)C(=O)[O-])[C@H]2CC1.CC(C)C1=CC2=CC[C@@H]3[C@](C)(CCC[C@@]3(C)C(=O)[O-])[C@H]2CC1.[Co+2]. The van der Waals surface area contributed by atoms with Crippen molar-refractivity contribution in [2.24, 2.45) is 57.2 Å². The summed E-state index contributed by atoms with van der Waals surface area (Å²) in [7, 11) is 0. The minimum atomic E-state index is -0.838. The van der Waals surface area contributed by atoms with E-state index in [4.69, 9.17) is 0 Å². The number of fused-ring (bicyclic) bond motifs is 6. The Labute approximate surface area is 283 Å². The van der Waals surface area contributed by atoms with Crippen molar-refractivity contribution in [1.82, 2.24) is 0 Å². The largest absolute Gasteiger partial charge is 2.00 e. The predicted octanol–water partition coefficient (Wildman–Crippen LogP) is 7.74. The Hall–Kier alpha value is -1.59. The van der Waals surface area contributed by atoms with Gasteiger partial charge in [0.05, 0.1) is 0 Å². The van der Waals surface area contributed by atoms with Gasteiger partial charge in [-0.05, 0) is 122 Å². The molecule has 251 valence electrons. The fraction of sp³-hybridized carbons (Fsp3) is 0.750. The molecule has 4 nitrogen and oxygen atoms in total. The van der Waals surface area contributed by atoms with E-state index < -0.39 is 22.8 Å². The molecule has 0 unspecified atom stereocenters. The van der Waals surface area contributed by atoms with Crippen molar-refractivity contribution in [1.29, 1.82) is 0 Å². The molecule has 6 aliphatic rings. The van der Waals surface area contributed by atoms with Crippen LogP contribution in [0, 0.1) is 57.2 Å². The van der Waals surface area contributed by atoms with E-state index in [0.29, 0.717) is 23.7 Å². The van der Waals surface area contributed by atoms with Crippen LogP contribution < -0.4 is 10.2 Å². The Kier molecular flexibility index (Phi) is 10.6. The van der Waals surface area contributed by atoms with Gasteiger partial charge in [0, 0.05) is 22.8 Å². The smallest absolute Gasteiger partial charge is 0.550 e. The van der Waals surface area contributed by atoms with E-state index in [1.807, 2.05) is 13.8 Å². The molecular weight excluding hydrogens is 603 g/mol. The molecule has 6 aliphatic carbocycles. The number of allylic oxidation sites excluding steroid dienone is 8. The van der Waals surface area contributed by atoms with E-state index in [-0.39, 0.29) is 39.4 Å². The molecule has 0 saturated heterocycles. The molecule has 5 heteroatoms. The first kappa shape index (κ1) is 36.2. The van der Waals surface area contributed by atoms with Crippen molar-refractivity contribution in [2.75, 3.05) is 0 Å². The summed E-state index contributed by atoms with van der Waals surface area (Å²) >= 11 is 0. The molecule has 45 heavy (non-hydrogen) atoms. The van der Waals surface area contributed by atoms with Crippen molar-refractivity contribution >= 4 is 11.9 Å². The van der Waals surface area contributed by atoms with Crippen molar-refractivity contribution in [3.63, 3.8) is 0 Å². The molecule has 0 aromatic heterocycles. The molecule has 0 N–H and O–H groups in total. The van der Waals surface area contributed by atoms with Gasteiger partial charge in [-0.1, -0.05) is 104 Å². The van der Waals surface area contributed by atoms with Crippen LogP contribution in [0.1, 0.15) is 132 Å². The normalized spacial score (nSPS) is 40.4. The Balaban J connectivity index is 0.000000200. The van der Waals surface area contributed by atoms with Crippen molar-refractivity contribution in [3.8, 4) is 0 Å². The molecule has 0 heterocycles. The van der Waals surface area contributed by atoms with Gasteiger partial charge in [-0.15, -0.1) is 0 Å². The number of carbonyl (C=O) groups is 2. The Morgan fingerprint density at radius 2 is 1.02 bits per heavy atom. The third-order valence-electron chi connectivity index (χ3n) is 14.1. The molecule has 6 rings (SSSR count). The minimum absolute atomic E-state index is 0. The molecule has 2 saturated carbocycles.